The van der Waals surface area contributed by atoms with Gasteiger partial charge in [0.15, 0.2) is 5.03 Å². The van der Waals surface area contributed by atoms with E-state index < -0.39 is 10.0 Å². The van der Waals surface area contributed by atoms with Gasteiger partial charge in [-0.3, -0.25) is 0 Å². The molecule has 2 rings (SSSR count). The topological polar surface area (TPSA) is 67.2 Å². The second-order valence-corrected chi connectivity index (χ2v) is 6.70. The molecule has 108 valence electrons. The minimum atomic E-state index is -3.46. The molecule has 0 radical (unpaired) electrons. The smallest absolute Gasteiger partial charge is 0.262 e. The first-order valence-electron chi connectivity index (χ1n) is 6.77. The second-order valence-electron chi connectivity index (χ2n) is 4.87. The third-order valence-electron chi connectivity index (χ3n) is 3.56. The van der Waals surface area contributed by atoms with Crippen LogP contribution < -0.4 is 5.32 Å². The Kier molecular flexibility index (Phi) is 4.59. The summed E-state index contributed by atoms with van der Waals surface area (Å²) in [7, 11) is -1.61. The average molecular weight is 286 g/mol. The van der Waals surface area contributed by atoms with Crippen molar-refractivity contribution in [2.75, 3.05) is 20.1 Å². The molecule has 19 heavy (non-hydrogen) atoms. The second kappa shape index (κ2) is 6.02. The van der Waals surface area contributed by atoms with E-state index in [4.69, 9.17) is 0 Å². The monoisotopic (exact) mass is 286 g/mol. The van der Waals surface area contributed by atoms with Gasteiger partial charge < -0.3 is 9.88 Å². The first kappa shape index (κ1) is 14.5. The number of rotatable bonds is 5. The number of aromatic nitrogens is 2. The number of likely N-dealkylation sites (N-methyl/N-ethyl adjacent to an activating group) is 1. The molecule has 1 aromatic rings. The van der Waals surface area contributed by atoms with E-state index in [1.807, 2.05) is 14.0 Å². The number of aryl methyl sites for hydroxylation is 1. The summed E-state index contributed by atoms with van der Waals surface area (Å²) in [6.45, 7) is 3.96. The van der Waals surface area contributed by atoms with Crippen LogP contribution in [0.25, 0.3) is 0 Å². The van der Waals surface area contributed by atoms with Crippen molar-refractivity contribution in [2.45, 2.75) is 43.8 Å². The molecule has 1 fully saturated rings. The van der Waals surface area contributed by atoms with Crippen LogP contribution in [0.1, 0.15) is 26.2 Å². The van der Waals surface area contributed by atoms with Gasteiger partial charge in [0.25, 0.3) is 10.0 Å². The molecule has 0 bridgehead atoms. The van der Waals surface area contributed by atoms with E-state index in [-0.39, 0.29) is 11.1 Å². The number of imidazole rings is 1. The van der Waals surface area contributed by atoms with Crippen LogP contribution in [0.15, 0.2) is 17.6 Å². The van der Waals surface area contributed by atoms with Gasteiger partial charge in [-0.05, 0) is 26.8 Å². The van der Waals surface area contributed by atoms with E-state index in [9.17, 15) is 8.42 Å². The van der Waals surface area contributed by atoms with E-state index in [1.54, 1.807) is 21.4 Å². The lowest BCUT2D eigenvalue weighted by molar-refractivity contribution is 0.248. The Labute approximate surface area is 114 Å². The maximum Gasteiger partial charge on any atom is 0.262 e. The molecule has 1 aliphatic rings. The van der Waals surface area contributed by atoms with Gasteiger partial charge in [-0.2, -0.15) is 4.31 Å². The van der Waals surface area contributed by atoms with Crippen LogP contribution in [0, 0.1) is 0 Å². The molecule has 6 nitrogen and oxygen atoms in total. The maximum atomic E-state index is 12.6. The molecule has 0 aromatic carbocycles. The Morgan fingerprint density at radius 3 is 2.89 bits per heavy atom. The first-order chi connectivity index (χ1) is 9.09. The zero-order valence-corrected chi connectivity index (χ0v) is 12.4. The molecular weight excluding hydrogens is 264 g/mol. The minimum absolute atomic E-state index is 0.0375. The van der Waals surface area contributed by atoms with Crippen molar-refractivity contribution in [2.24, 2.45) is 0 Å². The van der Waals surface area contributed by atoms with Crippen molar-refractivity contribution >= 4 is 10.0 Å². The van der Waals surface area contributed by atoms with Gasteiger partial charge in [0.1, 0.15) is 0 Å². The Balaban J connectivity index is 2.25. The summed E-state index contributed by atoms with van der Waals surface area (Å²) in [5.74, 6) is 0. The van der Waals surface area contributed by atoms with Crippen LogP contribution in [0.3, 0.4) is 0 Å². The fourth-order valence-electron chi connectivity index (χ4n) is 2.50. The number of hydrogen-bond acceptors (Lipinski definition) is 4. The highest BCUT2D eigenvalue weighted by molar-refractivity contribution is 7.89. The maximum absolute atomic E-state index is 12.6. The summed E-state index contributed by atoms with van der Waals surface area (Å²) in [6, 6.07) is 0.0375. The van der Waals surface area contributed by atoms with Gasteiger partial charge in [0.05, 0.1) is 6.33 Å². The van der Waals surface area contributed by atoms with Crippen molar-refractivity contribution in [1.29, 1.82) is 0 Å². The van der Waals surface area contributed by atoms with E-state index in [1.165, 1.54) is 0 Å². The van der Waals surface area contributed by atoms with E-state index in [0.29, 0.717) is 13.1 Å². The molecule has 0 aliphatic carbocycles. The highest BCUT2D eigenvalue weighted by Gasteiger charge is 2.34. The molecule has 1 saturated heterocycles. The number of nitrogens with zero attached hydrogens (tertiary/aromatic N) is 3. The first-order valence-corrected chi connectivity index (χ1v) is 8.21. The van der Waals surface area contributed by atoms with Crippen LogP contribution in [0.4, 0.5) is 0 Å². The lowest BCUT2D eigenvalue weighted by atomic mass is 10.1. The van der Waals surface area contributed by atoms with Crippen molar-refractivity contribution in [3.05, 3.63) is 12.5 Å². The lowest BCUT2D eigenvalue weighted by Gasteiger charge is -2.33. The lowest BCUT2D eigenvalue weighted by Crippen LogP contribution is -2.47. The number of sulfonamides is 1. The molecule has 1 aliphatic heterocycles. The Hall–Kier alpha value is -0.920. The van der Waals surface area contributed by atoms with Crippen molar-refractivity contribution in [3.63, 3.8) is 0 Å². The fraction of sp³-hybridized carbons (Fsp3) is 0.750. The summed E-state index contributed by atoms with van der Waals surface area (Å²) >= 11 is 0. The molecule has 1 N–H and O–H groups in total. The SMILES string of the molecule is CCn1cnc(S(=O)(=O)N2CCCCC2CNC)c1. The molecule has 1 atom stereocenters. The minimum Gasteiger partial charge on any atom is -0.336 e. The Morgan fingerprint density at radius 2 is 2.26 bits per heavy atom. The standard InChI is InChI=1S/C12H22N4O2S/c1-3-15-9-12(14-10-15)19(17,18)16-7-5-4-6-11(16)8-13-2/h9-11,13H,3-8H2,1-2H3. The van der Waals surface area contributed by atoms with Gasteiger partial charge in [-0.1, -0.05) is 6.42 Å². The van der Waals surface area contributed by atoms with E-state index in [0.717, 1.165) is 25.8 Å². The predicted octanol–water partition coefficient (Wildman–Crippen LogP) is 0.666. The van der Waals surface area contributed by atoms with Gasteiger partial charge >= 0.3 is 0 Å². The van der Waals surface area contributed by atoms with Crippen LogP contribution in [-0.2, 0) is 16.6 Å². The van der Waals surface area contributed by atoms with Crippen LogP contribution in [0.2, 0.25) is 0 Å². The van der Waals surface area contributed by atoms with E-state index >= 15 is 0 Å². The zero-order chi connectivity index (χ0) is 13.9. The molecule has 0 amide bonds. The van der Waals surface area contributed by atoms with Crippen molar-refractivity contribution in [3.8, 4) is 0 Å². The highest BCUT2D eigenvalue weighted by Crippen LogP contribution is 2.24. The van der Waals surface area contributed by atoms with Crippen molar-refractivity contribution in [1.82, 2.24) is 19.2 Å². The largest absolute Gasteiger partial charge is 0.336 e. The fourth-order valence-corrected chi connectivity index (χ4v) is 4.13. The molecule has 2 heterocycles. The summed E-state index contributed by atoms with van der Waals surface area (Å²) in [5.41, 5.74) is 0. The van der Waals surface area contributed by atoms with E-state index in [2.05, 4.69) is 10.3 Å². The van der Waals surface area contributed by atoms with Crippen LogP contribution in [-0.4, -0.2) is 48.5 Å². The van der Waals surface area contributed by atoms with Gasteiger partial charge in [0, 0.05) is 31.9 Å². The number of piperidine rings is 1. The van der Waals surface area contributed by atoms with Gasteiger partial charge in [-0.25, -0.2) is 13.4 Å². The summed E-state index contributed by atoms with van der Waals surface area (Å²) in [6.07, 6.45) is 6.11. The highest BCUT2D eigenvalue weighted by atomic mass is 32.2. The molecule has 1 unspecified atom stereocenters. The third-order valence-corrected chi connectivity index (χ3v) is 5.40. The third kappa shape index (κ3) is 2.98. The van der Waals surface area contributed by atoms with Crippen molar-refractivity contribution < 1.29 is 8.42 Å². The average Bonchev–Trinajstić information content (AvgIpc) is 2.89. The van der Waals surface area contributed by atoms with Gasteiger partial charge in [-0.15, -0.1) is 0 Å². The Morgan fingerprint density at radius 1 is 1.47 bits per heavy atom. The predicted molar refractivity (Wildman–Crippen MR) is 73.4 cm³/mol. The van der Waals surface area contributed by atoms with Crippen LogP contribution in [0.5, 0.6) is 0 Å². The zero-order valence-electron chi connectivity index (χ0n) is 11.5. The molecular formula is C12H22N4O2S. The number of nitrogens with one attached hydrogen (secondary N) is 1. The Bertz CT molecular complexity index is 510. The normalized spacial score (nSPS) is 21.7. The van der Waals surface area contributed by atoms with Gasteiger partial charge in [0.2, 0.25) is 0 Å². The number of hydrogen-bond donors (Lipinski definition) is 1. The summed E-state index contributed by atoms with van der Waals surface area (Å²) in [5, 5.41) is 3.24. The summed E-state index contributed by atoms with van der Waals surface area (Å²) < 4.78 is 28.6. The van der Waals surface area contributed by atoms with Crippen LogP contribution >= 0.6 is 0 Å². The molecule has 1 aromatic heterocycles. The molecule has 0 saturated carbocycles. The molecule has 7 heteroatoms. The summed E-state index contributed by atoms with van der Waals surface area (Å²) in [4.78, 5) is 4.04. The quantitative estimate of drug-likeness (QED) is 0.864. The molecule has 0 spiro atoms.